The fourth-order valence-electron chi connectivity index (χ4n) is 5.16. The third-order valence-electron chi connectivity index (χ3n) is 7.64. The molecule has 0 unspecified atom stereocenters. The van der Waals surface area contributed by atoms with Gasteiger partial charge in [0.2, 0.25) is 17.8 Å². The molecule has 13 heteroatoms. The number of carbonyl (C=O) groups is 3. The summed E-state index contributed by atoms with van der Waals surface area (Å²) in [6, 6.07) is 5.81. The molecule has 1 saturated carbocycles. The van der Waals surface area contributed by atoms with E-state index in [1.807, 2.05) is 23.1 Å². The van der Waals surface area contributed by atoms with E-state index in [0.29, 0.717) is 58.9 Å². The van der Waals surface area contributed by atoms with Crippen molar-refractivity contribution in [2.24, 2.45) is 0 Å². The van der Waals surface area contributed by atoms with E-state index < -0.39 is 5.91 Å². The van der Waals surface area contributed by atoms with Crippen LogP contribution in [0.5, 0.6) is 0 Å². The molecule has 1 aliphatic carbocycles. The molecule has 0 bridgehead atoms. The molecule has 2 aliphatic heterocycles. The molecule has 3 amide bonds. The zero-order valence-corrected chi connectivity index (χ0v) is 22.0. The first-order valence-electron chi connectivity index (χ1n) is 13.5. The zero-order valence-electron chi connectivity index (χ0n) is 22.0. The van der Waals surface area contributed by atoms with E-state index in [4.69, 9.17) is 9.97 Å². The van der Waals surface area contributed by atoms with E-state index in [0.717, 1.165) is 38.0 Å². The summed E-state index contributed by atoms with van der Waals surface area (Å²) >= 11 is 0. The van der Waals surface area contributed by atoms with Gasteiger partial charge in [-0.05, 0) is 43.7 Å². The van der Waals surface area contributed by atoms with Gasteiger partial charge in [0.15, 0.2) is 5.65 Å². The maximum atomic E-state index is 13.2. The van der Waals surface area contributed by atoms with Gasteiger partial charge in [0.25, 0.3) is 11.8 Å². The van der Waals surface area contributed by atoms with Crippen molar-refractivity contribution in [3.63, 3.8) is 0 Å². The van der Waals surface area contributed by atoms with Crippen molar-refractivity contribution in [2.75, 3.05) is 38.0 Å². The molecule has 5 heterocycles. The lowest BCUT2D eigenvalue weighted by atomic mass is 10.1. The minimum atomic E-state index is -0.409. The third-order valence-corrected chi connectivity index (χ3v) is 7.64. The van der Waals surface area contributed by atoms with Gasteiger partial charge in [-0.3, -0.25) is 24.3 Å². The second kappa shape index (κ2) is 9.52. The molecule has 4 aromatic rings. The number of benzene rings is 1. The second-order valence-corrected chi connectivity index (χ2v) is 10.4. The van der Waals surface area contributed by atoms with Crippen molar-refractivity contribution in [3.8, 4) is 5.95 Å². The van der Waals surface area contributed by atoms with Gasteiger partial charge >= 0.3 is 0 Å². The number of fused-ring (bicyclic) bond motifs is 2. The number of nitrogens with one attached hydrogen (secondary N) is 2. The highest BCUT2D eigenvalue weighted by molar-refractivity contribution is 6.15. The van der Waals surface area contributed by atoms with Crippen molar-refractivity contribution in [3.05, 3.63) is 47.4 Å². The number of hydrogen-bond donors (Lipinski definition) is 2. The summed E-state index contributed by atoms with van der Waals surface area (Å²) in [6.07, 6.45) is 6.99. The maximum Gasteiger partial charge on any atom is 0.254 e. The Morgan fingerprint density at radius 3 is 2.70 bits per heavy atom. The van der Waals surface area contributed by atoms with Crippen molar-refractivity contribution < 1.29 is 14.4 Å². The van der Waals surface area contributed by atoms with Crippen LogP contribution in [0, 0.1) is 0 Å². The third kappa shape index (κ3) is 4.37. The van der Waals surface area contributed by atoms with Crippen LogP contribution >= 0.6 is 0 Å². The summed E-state index contributed by atoms with van der Waals surface area (Å²) in [6.45, 7) is 6.31. The van der Waals surface area contributed by atoms with E-state index in [1.165, 1.54) is 0 Å². The first kappa shape index (κ1) is 24.4. The predicted octanol–water partition coefficient (Wildman–Crippen LogP) is 1.25. The van der Waals surface area contributed by atoms with Crippen LogP contribution in [-0.2, 0) is 9.59 Å². The summed E-state index contributed by atoms with van der Waals surface area (Å²) in [5.41, 5.74) is 3.47. The molecule has 0 radical (unpaired) electrons. The van der Waals surface area contributed by atoms with E-state index in [9.17, 15) is 14.4 Å². The number of aromatic nitrogens is 6. The van der Waals surface area contributed by atoms with E-state index >= 15 is 0 Å². The highest BCUT2D eigenvalue weighted by Crippen LogP contribution is 2.27. The number of imide groups is 1. The Morgan fingerprint density at radius 2 is 1.98 bits per heavy atom. The molecule has 3 aromatic heterocycles. The molecule has 0 spiro atoms. The molecule has 40 heavy (non-hydrogen) atoms. The molecule has 13 nitrogen and oxygen atoms in total. The SMILES string of the molecule is CCN1CCN(C(=O)c2ccc3c(c2)ncn3-c2nc(NC3CC3)n3ncc(/C=C4\CC(=O)NC4=O)c3n2)CC1. The van der Waals surface area contributed by atoms with Crippen LogP contribution in [0.4, 0.5) is 5.95 Å². The predicted molar refractivity (Wildman–Crippen MR) is 146 cm³/mol. The smallest absolute Gasteiger partial charge is 0.254 e. The number of amides is 3. The average molecular weight is 541 g/mol. The van der Waals surface area contributed by atoms with Gasteiger partial charge in [-0.25, -0.2) is 4.98 Å². The van der Waals surface area contributed by atoms with E-state index in [-0.39, 0.29) is 18.2 Å². The molecule has 1 aromatic carbocycles. The normalized spacial score (nSPS) is 19.2. The lowest BCUT2D eigenvalue weighted by Gasteiger charge is -2.34. The van der Waals surface area contributed by atoms with Gasteiger partial charge in [0, 0.05) is 48.9 Å². The quantitative estimate of drug-likeness (QED) is 0.273. The van der Waals surface area contributed by atoms with Gasteiger partial charge in [-0.1, -0.05) is 6.92 Å². The molecule has 7 rings (SSSR count). The van der Waals surface area contributed by atoms with Crippen LogP contribution in [-0.4, -0.2) is 95.4 Å². The van der Waals surface area contributed by atoms with E-state index in [2.05, 4.69) is 32.5 Å². The van der Waals surface area contributed by atoms with Crippen LogP contribution in [0.25, 0.3) is 28.7 Å². The summed E-state index contributed by atoms with van der Waals surface area (Å²) in [4.78, 5) is 55.4. The Hall–Kier alpha value is -4.65. The summed E-state index contributed by atoms with van der Waals surface area (Å²) in [5.74, 6) is 0.171. The average Bonchev–Trinajstić information content (AvgIpc) is 3.39. The Balaban J connectivity index is 1.25. The lowest BCUT2D eigenvalue weighted by molar-refractivity contribution is -0.124. The van der Waals surface area contributed by atoms with Crippen LogP contribution in [0.1, 0.15) is 42.1 Å². The number of hydrogen-bond acceptors (Lipinski definition) is 9. The Bertz CT molecular complexity index is 1710. The van der Waals surface area contributed by atoms with Gasteiger partial charge in [-0.2, -0.15) is 19.6 Å². The molecule has 3 aliphatic rings. The van der Waals surface area contributed by atoms with Crippen molar-refractivity contribution >= 4 is 46.4 Å². The fraction of sp³-hybridized carbons (Fsp3) is 0.370. The highest BCUT2D eigenvalue weighted by Gasteiger charge is 2.27. The number of anilines is 1. The minimum Gasteiger partial charge on any atom is -0.351 e. The molecular weight excluding hydrogens is 512 g/mol. The number of likely N-dealkylation sites (N-methyl/N-ethyl adjacent to an activating group) is 1. The first-order valence-corrected chi connectivity index (χ1v) is 13.5. The largest absolute Gasteiger partial charge is 0.351 e. The van der Waals surface area contributed by atoms with Crippen LogP contribution in [0.2, 0.25) is 0 Å². The topological polar surface area (TPSA) is 143 Å². The number of imidazole rings is 1. The number of piperazine rings is 1. The highest BCUT2D eigenvalue weighted by atomic mass is 16.2. The lowest BCUT2D eigenvalue weighted by Crippen LogP contribution is -2.48. The maximum absolute atomic E-state index is 13.2. The van der Waals surface area contributed by atoms with Crippen molar-refractivity contribution in [1.82, 2.24) is 44.2 Å². The zero-order chi connectivity index (χ0) is 27.4. The van der Waals surface area contributed by atoms with Gasteiger partial charge in [-0.15, -0.1) is 0 Å². The molecular formula is C27H28N10O3. The van der Waals surface area contributed by atoms with Crippen LogP contribution in [0.3, 0.4) is 0 Å². The van der Waals surface area contributed by atoms with Crippen LogP contribution < -0.4 is 10.6 Å². The molecule has 204 valence electrons. The fourth-order valence-corrected chi connectivity index (χ4v) is 5.16. The summed E-state index contributed by atoms with van der Waals surface area (Å²) in [5, 5.41) is 10.2. The minimum absolute atomic E-state index is 0.00663. The number of carbonyl (C=O) groups excluding carboxylic acids is 3. The molecule has 0 atom stereocenters. The second-order valence-electron chi connectivity index (χ2n) is 10.4. The Morgan fingerprint density at radius 1 is 1.15 bits per heavy atom. The monoisotopic (exact) mass is 540 g/mol. The molecule has 2 saturated heterocycles. The molecule has 2 N–H and O–H groups in total. The number of rotatable bonds is 6. The van der Waals surface area contributed by atoms with Gasteiger partial charge in [0.05, 0.1) is 23.7 Å². The van der Waals surface area contributed by atoms with Gasteiger partial charge < -0.3 is 15.1 Å². The standard InChI is InChI=1S/C27H28N10O3/c1-2-34-7-9-35(10-8-34)25(40)16-3-6-21-20(12-16)28-15-36(21)26-32-23-18(11-17-13-22(38)31-24(17)39)14-29-37(23)27(33-26)30-19-4-5-19/h3,6,11-12,14-15,19H,2,4-5,7-10,13H2,1H3,(H,30,32,33)(H,31,38,39)/b17-11+. The Labute approximate surface area is 228 Å². The van der Waals surface area contributed by atoms with E-state index in [1.54, 1.807) is 27.7 Å². The first-order chi connectivity index (χ1) is 19.5. The van der Waals surface area contributed by atoms with Gasteiger partial charge in [0.1, 0.15) is 6.33 Å². The number of nitrogens with zero attached hydrogens (tertiary/aromatic N) is 8. The summed E-state index contributed by atoms with van der Waals surface area (Å²) < 4.78 is 3.38. The van der Waals surface area contributed by atoms with Crippen molar-refractivity contribution in [1.29, 1.82) is 0 Å². The molecule has 3 fully saturated rings. The van der Waals surface area contributed by atoms with Crippen LogP contribution in [0.15, 0.2) is 36.3 Å². The summed E-state index contributed by atoms with van der Waals surface area (Å²) in [7, 11) is 0. The Kier molecular flexibility index (Phi) is 5.81. The van der Waals surface area contributed by atoms with Crippen molar-refractivity contribution in [2.45, 2.75) is 32.2 Å².